The van der Waals surface area contributed by atoms with Crippen LogP contribution < -0.4 is 10.6 Å². The highest BCUT2D eigenvalue weighted by atomic mass is 32.2. The van der Waals surface area contributed by atoms with Crippen molar-refractivity contribution in [2.45, 2.75) is 61.2 Å². The molecule has 38 heavy (non-hydrogen) atoms. The second-order valence-corrected chi connectivity index (χ2v) is 13.5. The van der Waals surface area contributed by atoms with Gasteiger partial charge in [0.05, 0.1) is 9.79 Å². The molecule has 2 N–H and O–H groups in total. The van der Waals surface area contributed by atoms with Crippen molar-refractivity contribution in [3.05, 3.63) is 48.5 Å². The highest BCUT2D eigenvalue weighted by Gasteiger charge is 2.27. The summed E-state index contributed by atoms with van der Waals surface area (Å²) < 4.78 is 54.0. The zero-order valence-corrected chi connectivity index (χ0v) is 22.9. The number of nitrogens with zero attached hydrogens (tertiary/aromatic N) is 2. The molecule has 206 valence electrons. The monoisotopic (exact) mass is 562 g/mol. The molecule has 2 aliphatic heterocycles. The molecule has 12 heteroatoms. The first kappa shape index (κ1) is 28.2. The summed E-state index contributed by atoms with van der Waals surface area (Å²) in [6, 6.07) is 12.0. The van der Waals surface area contributed by atoms with Gasteiger partial charge in [-0.3, -0.25) is 9.59 Å². The molecule has 0 aliphatic carbocycles. The van der Waals surface area contributed by atoms with Crippen molar-refractivity contribution in [3.8, 4) is 0 Å². The summed E-state index contributed by atoms with van der Waals surface area (Å²) in [7, 11) is -7.09. The fourth-order valence-corrected chi connectivity index (χ4v) is 7.64. The van der Waals surface area contributed by atoms with Crippen LogP contribution in [0.25, 0.3) is 0 Å². The Bertz CT molecular complexity index is 1230. The zero-order valence-electron chi connectivity index (χ0n) is 21.3. The summed E-state index contributed by atoms with van der Waals surface area (Å²) in [4.78, 5) is 25.0. The fraction of sp³-hybridized carbons (Fsp3) is 0.462. The van der Waals surface area contributed by atoms with Crippen molar-refractivity contribution in [2.75, 3.05) is 36.8 Å². The molecule has 0 radical (unpaired) electrons. The van der Waals surface area contributed by atoms with E-state index in [1.165, 1.54) is 57.1 Å². The van der Waals surface area contributed by atoms with Gasteiger partial charge >= 0.3 is 0 Å². The van der Waals surface area contributed by atoms with Gasteiger partial charge in [-0.15, -0.1) is 0 Å². The number of anilines is 2. The molecule has 0 unspecified atom stereocenters. The van der Waals surface area contributed by atoms with Gasteiger partial charge in [0.25, 0.3) is 0 Å². The Hall–Kier alpha value is -2.80. The van der Waals surface area contributed by atoms with Crippen molar-refractivity contribution in [3.63, 3.8) is 0 Å². The van der Waals surface area contributed by atoms with E-state index < -0.39 is 20.0 Å². The molecule has 0 bridgehead atoms. The number of nitrogens with one attached hydrogen (secondary N) is 2. The number of benzene rings is 2. The average Bonchev–Trinajstić information content (AvgIpc) is 2.93. The van der Waals surface area contributed by atoms with Gasteiger partial charge in [0.15, 0.2) is 0 Å². The van der Waals surface area contributed by atoms with Crippen LogP contribution in [-0.2, 0) is 29.6 Å². The number of hydrogen-bond acceptors (Lipinski definition) is 6. The maximum absolute atomic E-state index is 12.8. The number of rotatable bonds is 9. The van der Waals surface area contributed by atoms with Crippen LogP contribution in [0.5, 0.6) is 0 Å². The van der Waals surface area contributed by atoms with E-state index in [1.807, 2.05) is 0 Å². The molecule has 0 aromatic heterocycles. The summed E-state index contributed by atoms with van der Waals surface area (Å²) >= 11 is 0. The Morgan fingerprint density at radius 3 is 1.18 bits per heavy atom. The van der Waals surface area contributed by atoms with Crippen molar-refractivity contribution >= 4 is 43.2 Å². The van der Waals surface area contributed by atoms with E-state index >= 15 is 0 Å². The molecule has 2 aliphatic rings. The smallest absolute Gasteiger partial charge is 0.243 e. The first-order chi connectivity index (χ1) is 18.2. The van der Waals surface area contributed by atoms with Gasteiger partial charge in [0.2, 0.25) is 31.9 Å². The average molecular weight is 563 g/mol. The predicted molar refractivity (Wildman–Crippen MR) is 145 cm³/mol. The largest absolute Gasteiger partial charge is 0.326 e. The minimum absolute atomic E-state index is 0.0684. The molecular formula is C26H34N4O6S2. The Kier molecular flexibility index (Phi) is 9.19. The van der Waals surface area contributed by atoms with Crippen LogP contribution in [0.4, 0.5) is 11.4 Å². The molecule has 0 spiro atoms. The highest BCUT2D eigenvalue weighted by molar-refractivity contribution is 7.89. The third-order valence-electron chi connectivity index (χ3n) is 6.76. The topological polar surface area (TPSA) is 133 Å². The normalized spacial score (nSPS) is 17.6. The second kappa shape index (κ2) is 12.4. The molecule has 2 amide bonds. The Morgan fingerprint density at radius 1 is 0.553 bits per heavy atom. The summed E-state index contributed by atoms with van der Waals surface area (Å²) in [5.74, 6) is -0.760. The minimum atomic E-state index is -3.54. The van der Waals surface area contributed by atoms with Crippen molar-refractivity contribution in [1.82, 2.24) is 8.61 Å². The van der Waals surface area contributed by atoms with Gasteiger partial charge in [-0.05, 0) is 74.2 Å². The molecule has 2 aromatic rings. The number of amides is 2. The van der Waals surface area contributed by atoms with Crippen LogP contribution in [0, 0.1) is 0 Å². The third-order valence-corrected chi connectivity index (χ3v) is 10.6. The van der Waals surface area contributed by atoms with Crippen molar-refractivity contribution in [2.24, 2.45) is 0 Å². The molecule has 2 heterocycles. The minimum Gasteiger partial charge on any atom is -0.326 e. The van der Waals surface area contributed by atoms with Crippen LogP contribution >= 0.6 is 0 Å². The molecule has 0 atom stereocenters. The van der Waals surface area contributed by atoms with Crippen molar-refractivity contribution in [1.29, 1.82) is 0 Å². The first-order valence-electron chi connectivity index (χ1n) is 13.0. The molecule has 10 nitrogen and oxygen atoms in total. The van der Waals surface area contributed by atoms with E-state index in [0.717, 1.165) is 38.5 Å². The highest BCUT2D eigenvalue weighted by Crippen LogP contribution is 2.23. The Labute approximate surface area is 224 Å². The van der Waals surface area contributed by atoms with Gasteiger partial charge in [-0.1, -0.05) is 12.8 Å². The molecule has 2 fully saturated rings. The zero-order chi connectivity index (χ0) is 27.2. The summed E-state index contributed by atoms with van der Waals surface area (Å²) in [6.45, 7) is 2.07. The van der Waals surface area contributed by atoms with Gasteiger partial charge < -0.3 is 10.6 Å². The number of hydrogen-bond donors (Lipinski definition) is 2. The van der Waals surface area contributed by atoms with E-state index in [-0.39, 0.29) is 34.4 Å². The summed E-state index contributed by atoms with van der Waals surface area (Å²) in [6.07, 6.45) is 5.34. The lowest BCUT2D eigenvalue weighted by Crippen LogP contribution is -2.35. The second-order valence-electron chi connectivity index (χ2n) is 9.57. The Balaban J connectivity index is 1.24. The Morgan fingerprint density at radius 2 is 0.868 bits per heavy atom. The van der Waals surface area contributed by atoms with Gasteiger partial charge in [-0.2, -0.15) is 8.61 Å². The predicted octanol–water partition coefficient (Wildman–Crippen LogP) is 3.39. The SMILES string of the molecule is O=C(CCC(=O)Nc1ccc(S(=O)(=O)N2CCCCC2)cc1)Nc1ccc(S(=O)(=O)N2CCCCC2)cc1. The van der Waals surface area contributed by atoms with Crippen LogP contribution in [0.3, 0.4) is 0 Å². The number of sulfonamides is 2. The number of carbonyl (C=O) groups is 2. The van der Waals surface area contributed by atoms with E-state index in [0.29, 0.717) is 37.6 Å². The van der Waals surface area contributed by atoms with Crippen LogP contribution in [0.15, 0.2) is 58.3 Å². The lowest BCUT2D eigenvalue weighted by atomic mass is 10.2. The first-order valence-corrected chi connectivity index (χ1v) is 15.8. The maximum atomic E-state index is 12.8. The van der Waals surface area contributed by atoms with Crippen LogP contribution in [0.2, 0.25) is 0 Å². The molecule has 0 saturated carbocycles. The third kappa shape index (κ3) is 6.99. The molecule has 4 rings (SSSR count). The lowest BCUT2D eigenvalue weighted by molar-refractivity contribution is -0.121. The fourth-order valence-electron chi connectivity index (χ4n) is 4.60. The molecule has 2 aromatic carbocycles. The summed E-state index contributed by atoms with van der Waals surface area (Å²) in [5.41, 5.74) is 0.886. The lowest BCUT2D eigenvalue weighted by Gasteiger charge is -2.25. The van der Waals surface area contributed by atoms with Gasteiger partial charge in [-0.25, -0.2) is 16.8 Å². The van der Waals surface area contributed by atoms with Crippen LogP contribution in [-0.4, -0.2) is 63.4 Å². The van der Waals surface area contributed by atoms with E-state index in [9.17, 15) is 26.4 Å². The van der Waals surface area contributed by atoms with Crippen LogP contribution in [0.1, 0.15) is 51.4 Å². The number of carbonyl (C=O) groups excluding carboxylic acids is 2. The van der Waals surface area contributed by atoms with Gasteiger partial charge in [0, 0.05) is 50.4 Å². The summed E-state index contributed by atoms with van der Waals surface area (Å²) in [5, 5.41) is 5.35. The van der Waals surface area contributed by atoms with Gasteiger partial charge in [0.1, 0.15) is 0 Å². The molecule has 2 saturated heterocycles. The maximum Gasteiger partial charge on any atom is 0.243 e. The number of piperidine rings is 2. The van der Waals surface area contributed by atoms with E-state index in [2.05, 4.69) is 10.6 Å². The molecular weight excluding hydrogens is 528 g/mol. The van der Waals surface area contributed by atoms with E-state index in [4.69, 9.17) is 0 Å². The van der Waals surface area contributed by atoms with E-state index in [1.54, 1.807) is 0 Å². The van der Waals surface area contributed by atoms with Crippen molar-refractivity contribution < 1.29 is 26.4 Å². The quantitative estimate of drug-likeness (QED) is 0.481. The standard InChI is InChI=1S/C26H34N4O6S2/c31-25(27-21-7-11-23(12-8-21)37(33,34)29-17-3-1-4-18-29)15-16-26(32)28-22-9-13-24(14-10-22)38(35,36)30-19-5-2-6-20-30/h7-14H,1-6,15-20H2,(H,27,31)(H,28,32).